The van der Waals surface area contributed by atoms with Gasteiger partial charge in [0.15, 0.2) is 5.78 Å². The molecule has 3 rings (SSSR count). The Kier molecular flexibility index (Phi) is 5.41. The summed E-state index contributed by atoms with van der Waals surface area (Å²) < 4.78 is 11.8. The number of furan rings is 1. The molecule has 3 nitrogen and oxygen atoms in total. The van der Waals surface area contributed by atoms with Crippen molar-refractivity contribution in [2.75, 3.05) is 0 Å². The van der Waals surface area contributed by atoms with Gasteiger partial charge in [-0.2, -0.15) is 0 Å². The molecule has 2 heterocycles. The lowest BCUT2D eigenvalue weighted by Crippen LogP contribution is -1.93. The summed E-state index contributed by atoms with van der Waals surface area (Å²) in [6, 6.07) is 14.1. The molecule has 6 heteroatoms. The molecule has 0 aliphatic heterocycles. The van der Waals surface area contributed by atoms with Gasteiger partial charge in [-0.3, -0.25) is 4.79 Å². The zero-order valence-corrected chi connectivity index (χ0v) is 14.7. The van der Waals surface area contributed by atoms with Gasteiger partial charge in [0.05, 0.1) is 9.21 Å². The summed E-state index contributed by atoms with van der Waals surface area (Å²) in [4.78, 5) is 12.6. The number of halogens is 2. The molecule has 0 amide bonds. The zero-order chi connectivity index (χ0) is 16.9. The van der Waals surface area contributed by atoms with E-state index in [9.17, 15) is 4.79 Å². The maximum Gasteiger partial charge on any atom is 0.195 e. The van der Waals surface area contributed by atoms with E-state index in [0.29, 0.717) is 38.1 Å². The standard InChI is InChI=1S/C18H12Cl2O3S/c19-12-1-3-13(4-2-12)22-11-15-6-5-14(23-15)7-8-16(21)17-9-10-18(20)24-17/h1-10H,11H2/b8-7+. The monoisotopic (exact) mass is 378 g/mol. The van der Waals surface area contributed by atoms with Crippen molar-refractivity contribution < 1.29 is 13.9 Å². The van der Waals surface area contributed by atoms with Gasteiger partial charge < -0.3 is 9.15 Å². The minimum Gasteiger partial charge on any atom is -0.486 e. The highest BCUT2D eigenvalue weighted by atomic mass is 35.5. The fourth-order valence-electron chi connectivity index (χ4n) is 1.93. The van der Waals surface area contributed by atoms with Gasteiger partial charge >= 0.3 is 0 Å². The van der Waals surface area contributed by atoms with Crippen LogP contribution in [-0.2, 0) is 6.61 Å². The van der Waals surface area contributed by atoms with Crippen molar-refractivity contribution in [1.29, 1.82) is 0 Å². The molecule has 1 aromatic carbocycles. The molecule has 0 fully saturated rings. The van der Waals surface area contributed by atoms with E-state index in [1.165, 1.54) is 17.4 Å². The SMILES string of the molecule is O=C(/C=C/c1ccc(COc2ccc(Cl)cc2)o1)c1ccc(Cl)s1. The number of ketones is 1. The van der Waals surface area contributed by atoms with E-state index in [1.54, 1.807) is 48.5 Å². The van der Waals surface area contributed by atoms with Crippen molar-refractivity contribution in [2.24, 2.45) is 0 Å². The van der Waals surface area contributed by atoms with Crippen LogP contribution in [0.3, 0.4) is 0 Å². The van der Waals surface area contributed by atoms with Crippen molar-refractivity contribution in [2.45, 2.75) is 6.61 Å². The van der Waals surface area contributed by atoms with E-state index < -0.39 is 0 Å². The Morgan fingerprint density at radius 3 is 2.58 bits per heavy atom. The highest BCUT2D eigenvalue weighted by Gasteiger charge is 2.06. The molecule has 122 valence electrons. The van der Waals surface area contributed by atoms with Crippen molar-refractivity contribution >= 4 is 46.4 Å². The van der Waals surface area contributed by atoms with E-state index in [4.69, 9.17) is 32.4 Å². The van der Waals surface area contributed by atoms with Crippen molar-refractivity contribution in [3.05, 3.63) is 80.4 Å². The largest absolute Gasteiger partial charge is 0.486 e. The zero-order valence-electron chi connectivity index (χ0n) is 12.4. The summed E-state index contributed by atoms with van der Waals surface area (Å²) >= 11 is 12.9. The Balaban J connectivity index is 1.58. The van der Waals surface area contributed by atoms with Crippen LogP contribution < -0.4 is 4.74 Å². The maximum atomic E-state index is 12.0. The molecule has 0 aliphatic carbocycles. The maximum absolute atomic E-state index is 12.0. The third-order valence-corrected chi connectivity index (χ3v) is 4.59. The second-order valence-electron chi connectivity index (χ2n) is 4.85. The molecule has 0 saturated heterocycles. The Morgan fingerprint density at radius 2 is 1.88 bits per heavy atom. The number of rotatable bonds is 6. The number of hydrogen-bond acceptors (Lipinski definition) is 4. The minimum absolute atomic E-state index is 0.109. The van der Waals surface area contributed by atoms with E-state index in [2.05, 4.69) is 0 Å². The molecule has 0 saturated carbocycles. The van der Waals surface area contributed by atoms with Crippen LogP contribution in [0.2, 0.25) is 9.36 Å². The topological polar surface area (TPSA) is 39.4 Å². The highest BCUT2D eigenvalue weighted by Crippen LogP contribution is 2.22. The first-order valence-corrected chi connectivity index (χ1v) is 8.62. The smallest absolute Gasteiger partial charge is 0.195 e. The molecule has 0 N–H and O–H groups in total. The predicted octanol–water partition coefficient (Wildman–Crippen LogP) is 6.12. The van der Waals surface area contributed by atoms with Gasteiger partial charge in [0, 0.05) is 5.02 Å². The summed E-state index contributed by atoms with van der Waals surface area (Å²) in [5, 5.41) is 0.657. The van der Waals surface area contributed by atoms with E-state index in [1.807, 2.05) is 6.07 Å². The molecule has 0 atom stereocenters. The van der Waals surface area contributed by atoms with Crippen LogP contribution in [0.4, 0.5) is 0 Å². The first kappa shape index (κ1) is 16.8. The van der Waals surface area contributed by atoms with Crippen LogP contribution in [0.25, 0.3) is 6.08 Å². The first-order chi connectivity index (χ1) is 11.6. The van der Waals surface area contributed by atoms with Gasteiger partial charge in [0.1, 0.15) is 23.9 Å². The average molecular weight is 379 g/mol. The van der Waals surface area contributed by atoms with Gasteiger partial charge in [-0.25, -0.2) is 0 Å². The number of allylic oxidation sites excluding steroid dienone is 1. The lowest BCUT2D eigenvalue weighted by atomic mass is 10.3. The van der Waals surface area contributed by atoms with Gasteiger partial charge in [-0.05, 0) is 60.7 Å². The molecule has 0 aliphatic rings. The molecule has 0 spiro atoms. The van der Waals surface area contributed by atoms with E-state index in [-0.39, 0.29) is 5.78 Å². The first-order valence-electron chi connectivity index (χ1n) is 7.05. The van der Waals surface area contributed by atoms with Gasteiger partial charge in [0.25, 0.3) is 0 Å². The summed E-state index contributed by atoms with van der Waals surface area (Å²) in [5.74, 6) is 1.84. The lowest BCUT2D eigenvalue weighted by Gasteiger charge is -2.03. The predicted molar refractivity (Wildman–Crippen MR) is 97.2 cm³/mol. The van der Waals surface area contributed by atoms with Crippen LogP contribution in [0.15, 0.2) is 59.0 Å². The van der Waals surface area contributed by atoms with Crippen molar-refractivity contribution in [3.63, 3.8) is 0 Å². The van der Waals surface area contributed by atoms with E-state index >= 15 is 0 Å². The van der Waals surface area contributed by atoms with Crippen LogP contribution in [0.5, 0.6) is 5.75 Å². The molecule has 2 aromatic heterocycles. The normalized spacial score (nSPS) is 11.1. The van der Waals surface area contributed by atoms with Crippen LogP contribution in [0.1, 0.15) is 21.2 Å². The quantitative estimate of drug-likeness (QED) is 0.382. The molecule has 0 bridgehead atoms. The summed E-state index contributed by atoms with van der Waals surface area (Å²) in [6.45, 7) is 0.296. The Bertz CT molecular complexity index is 863. The minimum atomic E-state index is -0.109. The Morgan fingerprint density at radius 1 is 1.08 bits per heavy atom. The van der Waals surface area contributed by atoms with Gasteiger partial charge in [-0.1, -0.05) is 23.2 Å². The number of benzene rings is 1. The molecule has 0 radical (unpaired) electrons. The van der Waals surface area contributed by atoms with Gasteiger partial charge in [0.2, 0.25) is 0 Å². The van der Waals surface area contributed by atoms with Crippen LogP contribution in [0, 0.1) is 0 Å². The average Bonchev–Trinajstić information content (AvgIpc) is 3.21. The molecule has 0 unspecified atom stereocenters. The lowest BCUT2D eigenvalue weighted by molar-refractivity contribution is 0.105. The fraction of sp³-hybridized carbons (Fsp3) is 0.0556. The molecular weight excluding hydrogens is 367 g/mol. The Labute approximate surface area is 153 Å². The number of carbonyl (C=O) groups excluding carboxylic acids is 1. The molecule has 24 heavy (non-hydrogen) atoms. The summed E-state index contributed by atoms with van der Waals surface area (Å²) in [5.41, 5.74) is 0. The van der Waals surface area contributed by atoms with Gasteiger partial charge in [-0.15, -0.1) is 11.3 Å². The van der Waals surface area contributed by atoms with E-state index in [0.717, 1.165) is 0 Å². The van der Waals surface area contributed by atoms with Crippen molar-refractivity contribution in [3.8, 4) is 5.75 Å². The van der Waals surface area contributed by atoms with Crippen LogP contribution >= 0.6 is 34.5 Å². The number of carbonyl (C=O) groups is 1. The number of thiophene rings is 1. The third kappa shape index (κ3) is 4.51. The van der Waals surface area contributed by atoms with Crippen molar-refractivity contribution in [1.82, 2.24) is 0 Å². The Hall–Kier alpha value is -2.01. The fourth-order valence-corrected chi connectivity index (χ4v) is 3.02. The highest BCUT2D eigenvalue weighted by molar-refractivity contribution is 7.18. The summed E-state index contributed by atoms with van der Waals surface area (Å²) in [7, 11) is 0. The molecular formula is C18H12Cl2O3S. The second-order valence-corrected chi connectivity index (χ2v) is 7.00. The molecule has 3 aromatic rings. The van der Waals surface area contributed by atoms with Crippen LogP contribution in [-0.4, -0.2) is 5.78 Å². The third-order valence-electron chi connectivity index (χ3n) is 3.09. The summed E-state index contributed by atoms with van der Waals surface area (Å²) in [6.07, 6.45) is 3.09. The second kappa shape index (κ2) is 7.71. The number of hydrogen-bond donors (Lipinski definition) is 0. The number of ether oxygens (including phenoxy) is 1.